The van der Waals surface area contributed by atoms with Crippen LogP contribution in [0.5, 0.6) is 0 Å². The van der Waals surface area contributed by atoms with Gasteiger partial charge in [0.2, 0.25) is 0 Å². The van der Waals surface area contributed by atoms with Gasteiger partial charge in [-0.2, -0.15) is 0 Å². The summed E-state index contributed by atoms with van der Waals surface area (Å²) < 4.78 is 6.70. The third-order valence-corrected chi connectivity index (χ3v) is 6.16. The number of rotatable bonds is 10. The zero-order valence-electron chi connectivity index (χ0n) is 18.0. The summed E-state index contributed by atoms with van der Waals surface area (Å²) in [7, 11) is 0. The molecule has 29 heavy (non-hydrogen) atoms. The lowest BCUT2D eigenvalue weighted by Crippen LogP contribution is -2.48. The van der Waals surface area contributed by atoms with Crippen LogP contribution in [0, 0.1) is 0 Å². The van der Waals surface area contributed by atoms with Crippen LogP contribution in [0.15, 0.2) is 72.3 Å². The Morgan fingerprint density at radius 3 is 2.07 bits per heavy atom. The second kappa shape index (κ2) is 11.3. The molecule has 0 bridgehead atoms. The Hall–Kier alpha value is -1.90. The first kappa shape index (κ1) is 21.8. The number of hydrogen-bond acceptors (Lipinski definition) is 2. The van der Waals surface area contributed by atoms with Crippen molar-refractivity contribution in [1.29, 1.82) is 0 Å². The second-order valence-electron chi connectivity index (χ2n) is 8.28. The third kappa shape index (κ3) is 5.58. The summed E-state index contributed by atoms with van der Waals surface area (Å²) in [4.78, 5) is 0. The van der Waals surface area contributed by atoms with Crippen LogP contribution in [0.25, 0.3) is 0 Å². The molecule has 2 N–H and O–H groups in total. The highest BCUT2D eigenvalue weighted by Gasteiger charge is 2.41. The highest BCUT2D eigenvalue weighted by molar-refractivity contribution is 5.38. The number of nitrogens with two attached hydrogens (primary N) is 1. The lowest BCUT2D eigenvalue weighted by Gasteiger charge is -2.40. The smallest absolute Gasteiger partial charge is 0.133 e. The number of hydrogen-bond donors (Lipinski definition) is 1. The van der Waals surface area contributed by atoms with E-state index in [1.165, 1.54) is 32.1 Å². The summed E-state index contributed by atoms with van der Waals surface area (Å²) in [5, 5.41) is 0. The lowest BCUT2D eigenvalue weighted by atomic mass is 9.78. The summed E-state index contributed by atoms with van der Waals surface area (Å²) in [6.45, 7) is 2.92. The topological polar surface area (TPSA) is 35.2 Å². The Labute approximate surface area is 177 Å². The van der Waals surface area contributed by atoms with Gasteiger partial charge in [-0.15, -0.1) is 0 Å². The zero-order valence-corrected chi connectivity index (χ0v) is 18.0. The van der Waals surface area contributed by atoms with Crippen LogP contribution in [-0.2, 0) is 10.3 Å². The molecule has 0 heterocycles. The average Bonchev–Trinajstić information content (AvgIpc) is 2.79. The van der Waals surface area contributed by atoms with Crippen molar-refractivity contribution >= 4 is 0 Å². The van der Waals surface area contributed by atoms with Gasteiger partial charge in [-0.25, -0.2) is 0 Å². The number of allylic oxidation sites excluding steroid dienone is 2. The molecule has 2 aromatic rings. The van der Waals surface area contributed by atoms with Gasteiger partial charge in [-0.05, 0) is 56.1 Å². The van der Waals surface area contributed by atoms with Gasteiger partial charge in [0.25, 0.3) is 0 Å². The quantitative estimate of drug-likeness (QED) is 0.359. The second-order valence-corrected chi connectivity index (χ2v) is 8.28. The SMILES string of the molecule is CCCCOC(c1ccccc1)(c1ccccc1)C(N)CCC=C1CCCCC1. The van der Waals surface area contributed by atoms with E-state index in [4.69, 9.17) is 10.5 Å². The summed E-state index contributed by atoms with van der Waals surface area (Å²) in [6.07, 6.45) is 13.1. The zero-order chi connectivity index (χ0) is 20.4. The van der Waals surface area contributed by atoms with Crippen LogP contribution >= 0.6 is 0 Å². The average molecular weight is 392 g/mol. The van der Waals surface area contributed by atoms with Crippen molar-refractivity contribution in [3.05, 3.63) is 83.4 Å². The van der Waals surface area contributed by atoms with Gasteiger partial charge in [0, 0.05) is 12.6 Å². The predicted molar refractivity (Wildman–Crippen MR) is 123 cm³/mol. The fourth-order valence-corrected chi connectivity index (χ4v) is 4.50. The monoisotopic (exact) mass is 391 g/mol. The van der Waals surface area contributed by atoms with Gasteiger partial charge in [0.1, 0.15) is 5.60 Å². The Morgan fingerprint density at radius 1 is 0.931 bits per heavy atom. The van der Waals surface area contributed by atoms with Gasteiger partial charge >= 0.3 is 0 Å². The van der Waals surface area contributed by atoms with Gasteiger partial charge in [-0.3, -0.25) is 0 Å². The first-order valence-electron chi connectivity index (χ1n) is 11.5. The van der Waals surface area contributed by atoms with Crippen molar-refractivity contribution < 1.29 is 4.74 Å². The molecule has 0 amide bonds. The Balaban J connectivity index is 1.89. The van der Waals surface area contributed by atoms with E-state index in [1.807, 2.05) is 0 Å². The van der Waals surface area contributed by atoms with Crippen LogP contribution in [-0.4, -0.2) is 12.6 Å². The molecule has 1 unspecified atom stereocenters. The molecule has 2 heteroatoms. The third-order valence-electron chi connectivity index (χ3n) is 6.16. The predicted octanol–water partition coefficient (Wildman–Crippen LogP) is 6.74. The molecule has 0 saturated heterocycles. The van der Waals surface area contributed by atoms with Gasteiger partial charge < -0.3 is 10.5 Å². The summed E-state index contributed by atoms with van der Waals surface area (Å²) in [6, 6.07) is 21.0. The Morgan fingerprint density at radius 2 is 1.52 bits per heavy atom. The lowest BCUT2D eigenvalue weighted by molar-refractivity contribution is -0.0402. The van der Waals surface area contributed by atoms with Gasteiger partial charge in [0.15, 0.2) is 0 Å². The normalized spacial score (nSPS) is 15.9. The molecule has 3 rings (SSSR count). The van der Waals surface area contributed by atoms with E-state index in [-0.39, 0.29) is 6.04 Å². The molecule has 0 spiro atoms. The maximum absolute atomic E-state index is 6.96. The van der Waals surface area contributed by atoms with E-state index in [2.05, 4.69) is 73.7 Å². The van der Waals surface area contributed by atoms with Crippen molar-refractivity contribution in [1.82, 2.24) is 0 Å². The van der Waals surface area contributed by atoms with Crippen molar-refractivity contribution in [2.24, 2.45) is 5.73 Å². The molecule has 0 radical (unpaired) electrons. The van der Waals surface area contributed by atoms with Crippen molar-refractivity contribution in [2.75, 3.05) is 6.61 Å². The van der Waals surface area contributed by atoms with Crippen molar-refractivity contribution in [3.8, 4) is 0 Å². The fourth-order valence-electron chi connectivity index (χ4n) is 4.50. The molecule has 1 atom stereocenters. The summed E-state index contributed by atoms with van der Waals surface area (Å²) >= 11 is 0. The minimum absolute atomic E-state index is 0.107. The largest absolute Gasteiger partial charge is 0.364 e. The van der Waals surface area contributed by atoms with E-state index in [0.29, 0.717) is 0 Å². The van der Waals surface area contributed by atoms with E-state index in [0.717, 1.165) is 43.4 Å². The maximum Gasteiger partial charge on any atom is 0.133 e. The molecule has 1 aliphatic carbocycles. The molecule has 2 aromatic carbocycles. The molecular formula is C27H37NO. The van der Waals surface area contributed by atoms with Crippen LogP contribution in [0.2, 0.25) is 0 Å². The minimum atomic E-state index is -0.608. The highest BCUT2D eigenvalue weighted by atomic mass is 16.5. The molecule has 156 valence electrons. The number of unbranched alkanes of at least 4 members (excludes halogenated alkanes) is 1. The molecule has 0 aliphatic heterocycles. The first-order chi connectivity index (χ1) is 14.3. The van der Waals surface area contributed by atoms with E-state index in [9.17, 15) is 0 Å². The number of ether oxygens (including phenoxy) is 1. The maximum atomic E-state index is 6.96. The standard InChI is InChI=1S/C27H37NO/c1-2-3-22-29-27(24-17-9-5-10-18-24,25-19-11-6-12-20-25)26(28)21-13-16-23-14-7-4-8-15-23/h5-6,9-12,16-20,26H,2-4,7-8,13-15,21-22,28H2,1H3. The van der Waals surface area contributed by atoms with E-state index < -0.39 is 5.60 Å². The summed E-state index contributed by atoms with van der Waals surface area (Å²) in [5.74, 6) is 0. The van der Waals surface area contributed by atoms with Crippen LogP contribution in [0.1, 0.15) is 75.8 Å². The Bertz CT molecular complexity index is 690. The van der Waals surface area contributed by atoms with Crippen LogP contribution < -0.4 is 5.73 Å². The molecule has 1 saturated carbocycles. The van der Waals surface area contributed by atoms with Crippen molar-refractivity contribution in [3.63, 3.8) is 0 Å². The number of benzene rings is 2. The molecule has 1 fully saturated rings. The summed E-state index contributed by atoms with van der Waals surface area (Å²) in [5.41, 5.74) is 10.3. The van der Waals surface area contributed by atoms with Gasteiger partial charge in [0.05, 0.1) is 0 Å². The van der Waals surface area contributed by atoms with E-state index in [1.54, 1.807) is 5.57 Å². The van der Waals surface area contributed by atoms with Crippen molar-refractivity contribution in [2.45, 2.75) is 76.4 Å². The van der Waals surface area contributed by atoms with Crippen LogP contribution in [0.3, 0.4) is 0 Å². The minimum Gasteiger partial charge on any atom is -0.364 e. The first-order valence-corrected chi connectivity index (χ1v) is 11.5. The van der Waals surface area contributed by atoms with E-state index >= 15 is 0 Å². The molecule has 0 aromatic heterocycles. The molecular weight excluding hydrogens is 354 g/mol. The molecule has 1 aliphatic rings. The highest BCUT2D eigenvalue weighted by Crippen LogP contribution is 2.38. The van der Waals surface area contributed by atoms with Crippen LogP contribution in [0.4, 0.5) is 0 Å². The molecule has 2 nitrogen and oxygen atoms in total. The Kier molecular flexibility index (Phi) is 8.52. The fraction of sp³-hybridized carbons (Fsp3) is 0.481. The van der Waals surface area contributed by atoms with Gasteiger partial charge in [-0.1, -0.05) is 92.1 Å².